The van der Waals surface area contributed by atoms with Crippen LogP contribution in [0.15, 0.2) is 30.6 Å². The first-order valence-corrected chi connectivity index (χ1v) is 10.1. The van der Waals surface area contributed by atoms with E-state index < -0.39 is 6.10 Å². The standard InChI is InChI=1S/C20H22Cl2N4O2/c1-2-12-6-7-14(27)17(12)26-10-24-16-15(23)18(19(22)25-20(16)26)28-9-11-4-3-5-13(21)8-11/h3-5,8,10,12,14,17,27H,2,6-7,9H2,1H3,(H2,23,25)/t12-,14+,17?/m0/s1. The minimum absolute atomic E-state index is 0.0730. The summed E-state index contributed by atoms with van der Waals surface area (Å²) in [5.74, 6) is 0.673. The van der Waals surface area contributed by atoms with Gasteiger partial charge in [-0.05, 0) is 36.5 Å². The molecule has 1 aliphatic rings. The summed E-state index contributed by atoms with van der Waals surface area (Å²) in [5.41, 5.74) is 8.65. The molecule has 3 aromatic rings. The fourth-order valence-electron chi connectivity index (χ4n) is 4.05. The van der Waals surface area contributed by atoms with Gasteiger partial charge in [-0.15, -0.1) is 0 Å². The average molecular weight is 421 g/mol. The van der Waals surface area contributed by atoms with E-state index in [2.05, 4.69) is 16.9 Å². The third kappa shape index (κ3) is 3.41. The second-order valence-electron chi connectivity index (χ2n) is 7.19. The van der Waals surface area contributed by atoms with Crippen LogP contribution < -0.4 is 10.5 Å². The third-order valence-electron chi connectivity index (χ3n) is 5.49. The topological polar surface area (TPSA) is 86.2 Å². The third-order valence-corrected chi connectivity index (χ3v) is 5.98. The summed E-state index contributed by atoms with van der Waals surface area (Å²) >= 11 is 12.4. The number of hydrogen-bond donors (Lipinski definition) is 2. The van der Waals surface area contributed by atoms with Crippen molar-refractivity contribution in [3.63, 3.8) is 0 Å². The first kappa shape index (κ1) is 19.3. The molecule has 148 valence electrons. The zero-order chi connectivity index (χ0) is 19.8. The molecular formula is C20H22Cl2N4O2. The minimum atomic E-state index is -0.428. The van der Waals surface area contributed by atoms with E-state index in [1.807, 2.05) is 22.8 Å². The van der Waals surface area contributed by atoms with Gasteiger partial charge in [0, 0.05) is 5.02 Å². The highest BCUT2D eigenvalue weighted by molar-refractivity contribution is 6.32. The van der Waals surface area contributed by atoms with Crippen LogP contribution in [0.25, 0.3) is 11.2 Å². The van der Waals surface area contributed by atoms with Crippen LogP contribution >= 0.6 is 23.2 Å². The molecule has 3 atom stereocenters. The van der Waals surface area contributed by atoms with E-state index in [0.29, 0.717) is 33.5 Å². The smallest absolute Gasteiger partial charge is 0.182 e. The van der Waals surface area contributed by atoms with Crippen molar-refractivity contribution in [2.75, 3.05) is 5.73 Å². The van der Waals surface area contributed by atoms with E-state index >= 15 is 0 Å². The van der Waals surface area contributed by atoms with E-state index in [0.717, 1.165) is 24.8 Å². The Bertz CT molecular complexity index is 1010. The van der Waals surface area contributed by atoms with Crippen LogP contribution in [0.1, 0.15) is 37.8 Å². The summed E-state index contributed by atoms with van der Waals surface area (Å²) in [6.45, 7) is 2.39. The Balaban J connectivity index is 1.68. The maximum Gasteiger partial charge on any atom is 0.182 e. The second-order valence-corrected chi connectivity index (χ2v) is 7.99. The fourth-order valence-corrected chi connectivity index (χ4v) is 4.50. The number of fused-ring (bicyclic) bond motifs is 1. The van der Waals surface area contributed by atoms with Gasteiger partial charge in [-0.1, -0.05) is 48.7 Å². The summed E-state index contributed by atoms with van der Waals surface area (Å²) in [6, 6.07) is 7.30. The minimum Gasteiger partial charge on any atom is -0.483 e. The number of halogens is 2. The predicted octanol–water partition coefficient (Wildman–Crippen LogP) is 4.62. The molecule has 6 nitrogen and oxygen atoms in total. The molecule has 4 rings (SSSR count). The number of imidazole rings is 1. The van der Waals surface area contributed by atoms with Crippen molar-refractivity contribution in [3.8, 4) is 5.75 Å². The number of ether oxygens (including phenoxy) is 1. The monoisotopic (exact) mass is 420 g/mol. The lowest BCUT2D eigenvalue weighted by Gasteiger charge is -2.23. The number of aromatic nitrogens is 3. The number of aliphatic hydroxyl groups excluding tert-OH is 1. The van der Waals surface area contributed by atoms with Crippen molar-refractivity contribution < 1.29 is 9.84 Å². The van der Waals surface area contributed by atoms with Crippen molar-refractivity contribution in [2.24, 2.45) is 5.92 Å². The molecule has 0 amide bonds. The zero-order valence-corrected chi connectivity index (χ0v) is 17.0. The molecule has 0 aliphatic heterocycles. The van der Waals surface area contributed by atoms with Crippen LogP contribution in [-0.4, -0.2) is 25.7 Å². The van der Waals surface area contributed by atoms with Crippen molar-refractivity contribution in [1.29, 1.82) is 0 Å². The van der Waals surface area contributed by atoms with Crippen LogP contribution in [0.4, 0.5) is 5.69 Å². The van der Waals surface area contributed by atoms with Gasteiger partial charge in [-0.25, -0.2) is 9.97 Å². The maximum atomic E-state index is 10.5. The lowest BCUT2D eigenvalue weighted by Crippen LogP contribution is -2.23. The highest BCUT2D eigenvalue weighted by Crippen LogP contribution is 2.42. The van der Waals surface area contributed by atoms with Crippen molar-refractivity contribution in [3.05, 3.63) is 46.3 Å². The molecule has 1 saturated carbocycles. The Hall–Kier alpha value is -2.02. The van der Waals surface area contributed by atoms with Gasteiger partial charge >= 0.3 is 0 Å². The molecular weight excluding hydrogens is 399 g/mol. The number of pyridine rings is 1. The Labute approximate surface area is 173 Å². The summed E-state index contributed by atoms with van der Waals surface area (Å²) in [4.78, 5) is 8.94. The number of nitrogen functional groups attached to an aromatic ring is 1. The predicted molar refractivity (Wildman–Crippen MR) is 111 cm³/mol. The van der Waals surface area contributed by atoms with E-state index in [-0.39, 0.29) is 17.8 Å². The van der Waals surface area contributed by atoms with Gasteiger partial charge in [0.15, 0.2) is 16.5 Å². The number of aliphatic hydroxyl groups is 1. The summed E-state index contributed by atoms with van der Waals surface area (Å²) in [7, 11) is 0. The lowest BCUT2D eigenvalue weighted by molar-refractivity contribution is 0.123. The van der Waals surface area contributed by atoms with Gasteiger partial charge in [-0.2, -0.15) is 0 Å². The molecule has 0 radical (unpaired) electrons. The first-order valence-electron chi connectivity index (χ1n) is 9.36. The van der Waals surface area contributed by atoms with Gasteiger partial charge < -0.3 is 20.1 Å². The Morgan fingerprint density at radius 2 is 2.14 bits per heavy atom. The molecule has 0 bridgehead atoms. The van der Waals surface area contributed by atoms with Crippen molar-refractivity contribution in [2.45, 2.75) is 44.9 Å². The van der Waals surface area contributed by atoms with Crippen molar-refractivity contribution >= 4 is 40.1 Å². The number of anilines is 1. The number of nitrogens with two attached hydrogens (primary N) is 1. The lowest BCUT2D eigenvalue weighted by atomic mass is 10.00. The quantitative estimate of drug-likeness (QED) is 0.587. The number of benzene rings is 1. The van der Waals surface area contributed by atoms with E-state index in [1.165, 1.54) is 0 Å². The fraction of sp³-hybridized carbons (Fsp3) is 0.400. The number of rotatable bonds is 5. The summed E-state index contributed by atoms with van der Waals surface area (Å²) < 4.78 is 7.75. The molecule has 28 heavy (non-hydrogen) atoms. The second kappa shape index (κ2) is 7.78. The van der Waals surface area contributed by atoms with Crippen LogP contribution in [-0.2, 0) is 6.61 Å². The van der Waals surface area contributed by atoms with Crippen LogP contribution in [0.3, 0.4) is 0 Å². The highest BCUT2D eigenvalue weighted by atomic mass is 35.5. The van der Waals surface area contributed by atoms with E-state index in [4.69, 9.17) is 33.7 Å². The normalized spacial score (nSPS) is 22.1. The van der Waals surface area contributed by atoms with Crippen molar-refractivity contribution in [1.82, 2.24) is 14.5 Å². The SMILES string of the molecule is CC[C@H]1CC[C@@H](O)C1n1cnc2c(N)c(OCc3cccc(Cl)c3)c(Cl)nc21. The van der Waals surface area contributed by atoms with Crippen LogP contribution in [0.2, 0.25) is 10.2 Å². The molecule has 3 N–H and O–H groups in total. The van der Waals surface area contributed by atoms with E-state index in [1.54, 1.807) is 12.4 Å². The van der Waals surface area contributed by atoms with Crippen LogP contribution in [0, 0.1) is 5.92 Å². The molecule has 0 saturated heterocycles. The van der Waals surface area contributed by atoms with Gasteiger partial charge in [-0.3, -0.25) is 0 Å². The van der Waals surface area contributed by atoms with Gasteiger partial charge in [0.25, 0.3) is 0 Å². The highest BCUT2D eigenvalue weighted by Gasteiger charge is 2.36. The molecule has 2 heterocycles. The molecule has 1 aromatic carbocycles. The van der Waals surface area contributed by atoms with Crippen LogP contribution in [0.5, 0.6) is 5.75 Å². The van der Waals surface area contributed by atoms with E-state index in [9.17, 15) is 5.11 Å². The Morgan fingerprint density at radius 3 is 2.89 bits per heavy atom. The van der Waals surface area contributed by atoms with Gasteiger partial charge in [0.2, 0.25) is 0 Å². The number of nitrogens with zero attached hydrogens (tertiary/aromatic N) is 3. The summed E-state index contributed by atoms with van der Waals surface area (Å²) in [5, 5.41) is 11.3. The first-order chi connectivity index (χ1) is 13.5. The molecule has 1 fully saturated rings. The Morgan fingerprint density at radius 1 is 1.32 bits per heavy atom. The van der Waals surface area contributed by atoms with Gasteiger partial charge in [0.05, 0.1) is 18.5 Å². The molecule has 8 heteroatoms. The Kier molecular flexibility index (Phi) is 5.36. The summed E-state index contributed by atoms with van der Waals surface area (Å²) in [6.07, 6.45) is 3.99. The number of hydrogen-bond acceptors (Lipinski definition) is 5. The largest absolute Gasteiger partial charge is 0.483 e. The zero-order valence-electron chi connectivity index (χ0n) is 15.5. The molecule has 1 aliphatic carbocycles. The maximum absolute atomic E-state index is 10.5. The van der Waals surface area contributed by atoms with Gasteiger partial charge in [0.1, 0.15) is 17.8 Å². The molecule has 1 unspecified atom stereocenters. The molecule has 0 spiro atoms. The molecule has 2 aromatic heterocycles. The average Bonchev–Trinajstić information content (AvgIpc) is 3.24.